The Morgan fingerprint density at radius 2 is 2.20 bits per heavy atom. The average molecular weight is 223 g/mol. The normalized spacial score (nSPS) is 12.1. The number of rotatable bonds is 5. The van der Waals surface area contributed by atoms with Crippen LogP contribution in [-0.2, 0) is 0 Å². The van der Waals surface area contributed by atoms with E-state index < -0.39 is 0 Å². The Balaban J connectivity index is 3.16. The van der Waals surface area contributed by atoms with Crippen LogP contribution in [0.15, 0.2) is 9.89 Å². The fourth-order valence-electron chi connectivity index (χ4n) is 0.693. The van der Waals surface area contributed by atoms with Crippen LogP contribution in [0.1, 0.15) is 32.6 Å². The summed E-state index contributed by atoms with van der Waals surface area (Å²) in [6, 6.07) is 0. The number of unbranched alkanes of at least 4 members (excludes halogenated alkanes) is 3. The van der Waals surface area contributed by atoms with Crippen LogP contribution in [0.25, 0.3) is 0 Å². The Hall–Kier alpha value is 0.570. The highest BCUT2D eigenvalue weighted by Crippen LogP contribution is 2.19. The topological polar surface area (TPSA) is 0 Å². The zero-order valence-corrected chi connectivity index (χ0v) is 9.09. The van der Waals surface area contributed by atoms with Crippen LogP contribution in [0.3, 0.4) is 0 Å². The predicted molar refractivity (Wildman–Crippen MR) is 54.7 cm³/mol. The molecule has 10 heavy (non-hydrogen) atoms. The molecule has 0 aliphatic rings. The van der Waals surface area contributed by atoms with Crippen molar-refractivity contribution in [2.45, 2.75) is 32.6 Å². The maximum Gasteiger partial charge on any atom is 0.0460 e. The van der Waals surface area contributed by atoms with Crippen LogP contribution in [0.4, 0.5) is 0 Å². The summed E-state index contributed by atoms with van der Waals surface area (Å²) < 4.78 is 1.27. The van der Waals surface area contributed by atoms with Crippen LogP contribution in [-0.4, -0.2) is 6.26 Å². The van der Waals surface area contributed by atoms with Gasteiger partial charge in [0, 0.05) is 3.81 Å². The molecule has 0 radical (unpaired) electrons. The van der Waals surface area contributed by atoms with Crippen LogP contribution in [0.2, 0.25) is 0 Å². The van der Waals surface area contributed by atoms with Gasteiger partial charge in [0.15, 0.2) is 0 Å². The van der Waals surface area contributed by atoms with Gasteiger partial charge in [0.2, 0.25) is 0 Å². The van der Waals surface area contributed by atoms with Gasteiger partial charge in [0.1, 0.15) is 0 Å². The van der Waals surface area contributed by atoms with Gasteiger partial charge in [-0.2, -0.15) is 0 Å². The molecule has 0 bridgehead atoms. The minimum Gasteiger partial charge on any atom is -0.122 e. The van der Waals surface area contributed by atoms with Crippen molar-refractivity contribution in [2.24, 2.45) is 0 Å². The summed E-state index contributed by atoms with van der Waals surface area (Å²) in [5, 5.41) is 0. The third-order valence-corrected chi connectivity index (χ3v) is 3.16. The van der Waals surface area contributed by atoms with Crippen LogP contribution < -0.4 is 0 Å². The maximum absolute atomic E-state index is 3.45. The number of hydrogen-bond acceptors (Lipinski definition) is 1. The van der Waals surface area contributed by atoms with E-state index in [0.29, 0.717) is 0 Å². The molecular formula is C8H15BrS. The first-order valence-electron chi connectivity index (χ1n) is 3.71. The Morgan fingerprint density at radius 1 is 1.50 bits per heavy atom. The van der Waals surface area contributed by atoms with Crippen molar-refractivity contribution in [3.63, 3.8) is 0 Å². The van der Waals surface area contributed by atoms with Crippen molar-refractivity contribution in [1.82, 2.24) is 0 Å². The van der Waals surface area contributed by atoms with Gasteiger partial charge in [-0.25, -0.2) is 0 Å². The number of allylic oxidation sites excluding steroid dienone is 1. The Kier molecular flexibility index (Phi) is 8.11. The third kappa shape index (κ3) is 6.69. The van der Waals surface area contributed by atoms with E-state index in [0.717, 1.165) is 0 Å². The second-order valence-electron chi connectivity index (χ2n) is 2.21. The number of hydrogen-bond donors (Lipinski definition) is 0. The minimum atomic E-state index is 1.22. The van der Waals surface area contributed by atoms with E-state index in [2.05, 4.69) is 35.2 Å². The first-order chi connectivity index (χ1) is 4.81. The van der Waals surface area contributed by atoms with Crippen LogP contribution in [0, 0.1) is 0 Å². The van der Waals surface area contributed by atoms with Crippen molar-refractivity contribution in [1.29, 1.82) is 0 Å². The molecule has 0 amide bonds. The zero-order valence-electron chi connectivity index (χ0n) is 6.69. The van der Waals surface area contributed by atoms with Crippen molar-refractivity contribution in [2.75, 3.05) is 6.26 Å². The fraction of sp³-hybridized carbons (Fsp3) is 0.750. The maximum atomic E-state index is 3.45. The summed E-state index contributed by atoms with van der Waals surface area (Å²) in [4.78, 5) is 0. The fourth-order valence-corrected chi connectivity index (χ4v) is 1.21. The van der Waals surface area contributed by atoms with Gasteiger partial charge >= 0.3 is 0 Å². The van der Waals surface area contributed by atoms with E-state index in [1.807, 2.05) is 0 Å². The second-order valence-corrected chi connectivity index (χ2v) is 4.44. The zero-order chi connectivity index (χ0) is 7.82. The minimum absolute atomic E-state index is 1.22. The average Bonchev–Trinajstić information content (AvgIpc) is 1.98. The lowest BCUT2D eigenvalue weighted by Gasteiger charge is -1.93. The van der Waals surface area contributed by atoms with Crippen molar-refractivity contribution >= 4 is 27.7 Å². The Labute approximate surface area is 76.6 Å². The molecule has 60 valence electrons. The lowest BCUT2D eigenvalue weighted by molar-refractivity contribution is 0.729. The van der Waals surface area contributed by atoms with Gasteiger partial charge in [0.05, 0.1) is 0 Å². The summed E-state index contributed by atoms with van der Waals surface area (Å²) in [5.74, 6) is 0. The molecule has 0 fully saturated rings. The molecule has 0 rings (SSSR count). The molecule has 0 heterocycles. The molecule has 0 aromatic carbocycles. The van der Waals surface area contributed by atoms with E-state index in [1.54, 1.807) is 11.8 Å². The predicted octanol–water partition coefficient (Wildman–Crippen LogP) is 4.17. The highest BCUT2D eigenvalue weighted by atomic mass is 79.9. The molecule has 0 saturated carbocycles. The monoisotopic (exact) mass is 222 g/mol. The first kappa shape index (κ1) is 10.6. The van der Waals surface area contributed by atoms with Gasteiger partial charge in [0.25, 0.3) is 0 Å². The molecule has 0 aliphatic heterocycles. The Morgan fingerprint density at radius 3 is 2.70 bits per heavy atom. The van der Waals surface area contributed by atoms with Gasteiger partial charge in [-0.3, -0.25) is 0 Å². The smallest absolute Gasteiger partial charge is 0.0460 e. The van der Waals surface area contributed by atoms with E-state index in [1.165, 1.54) is 29.5 Å². The molecule has 0 nitrogen and oxygen atoms in total. The van der Waals surface area contributed by atoms with Crippen LogP contribution in [0.5, 0.6) is 0 Å². The summed E-state index contributed by atoms with van der Waals surface area (Å²) in [7, 11) is 0. The molecule has 0 aliphatic carbocycles. The Bertz CT molecular complexity index is 99.4. The number of thioether (sulfide) groups is 1. The van der Waals surface area contributed by atoms with E-state index in [4.69, 9.17) is 0 Å². The molecule has 0 atom stereocenters. The summed E-state index contributed by atoms with van der Waals surface area (Å²) in [6.45, 7) is 2.23. The van der Waals surface area contributed by atoms with E-state index >= 15 is 0 Å². The first-order valence-corrected chi connectivity index (χ1v) is 5.72. The summed E-state index contributed by atoms with van der Waals surface area (Å²) in [6.07, 6.45) is 9.54. The lowest BCUT2D eigenvalue weighted by atomic mass is 10.2. The van der Waals surface area contributed by atoms with Gasteiger partial charge in [-0.05, 0) is 35.0 Å². The molecule has 0 spiro atoms. The number of halogens is 1. The molecule has 0 saturated heterocycles. The van der Waals surface area contributed by atoms with Crippen LogP contribution >= 0.6 is 27.7 Å². The van der Waals surface area contributed by atoms with Crippen molar-refractivity contribution in [3.8, 4) is 0 Å². The highest BCUT2D eigenvalue weighted by molar-refractivity contribution is 9.14. The largest absolute Gasteiger partial charge is 0.122 e. The van der Waals surface area contributed by atoms with Crippen molar-refractivity contribution in [3.05, 3.63) is 9.89 Å². The molecular weight excluding hydrogens is 208 g/mol. The molecule has 0 unspecified atom stereocenters. The molecule has 2 heteroatoms. The van der Waals surface area contributed by atoms with Crippen molar-refractivity contribution < 1.29 is 0 Å². The quantitative estimate of drug-likeness (QED) is 0.630. The van der Waals surface area contributed by atoms with E-state index in [-0.39, 0.29) is 0 Å². The summed E-state index contributed by atoms with van der Waals surface area (Å²) >= 11 is 5.21. The van der Waals surface area contributed by atoms with Gasteiger partial charge < -0.3 is 0 Å². The molecule has 0 aromatic rings. The van der Waals surface area contributed by atoms with Gasteiger partial charge in [-0.1, -0.05) is 25.8 Å². The molecule has 0 aromatic heterocycles. The highest BCUT2D eigenvalue weighted by Gasteiger charge is 1.86. The second kappa shape index (κ2) is 7.67. The van der Waals surface area contributed by atoms with E-state index in [9.17, 15) is 0 Å². The summed E-state index contributed by atoms with van der Waals surface area (Å²) in [5.41, 5.74) is 0. The standard InChI is InChI=1S/C8H15BrS/c1-3-4-5-6-7-8(9)10-2/h7H,3-6H2,1-2H3/b8-7+. The van der Waals surface area contributed by atoms with Gasteiger partial charge in [-0.15, -0.1) is 11.8 Å². The SMILES string of the molecule is CCCCC/C=C(\Br)SC. The molecule has 0 N–H and O–H groups in total. The third-order valence-electron chi connectivity index (χ3n) is 1.31. The lowest BCUT2D eigenvalue weighted by Crippen LogP contribution is -1.71.